The van der Waals surface area contributed by atoms with Gasteiger partial charge in [-0.3, -0.25) is 4.79 Å². The average Bonchev–Trinajstić information content (AvgIpc) is 2.66. The lowest BCUT2D eigenvalue weighted by atomic mass is 10.1. The largest absolute Gasteiger partial charge is 0.311 e. The second kappa shape index (κ2) is 5.77. The van der Waals surface area contributed by atoms with E-state index < -0.39 is 0 Å². The summed E-state index contributed by atoms with van der Waals surface area (Å²) in [6, 6.07) is 7.97. The lowest BCUT2D eigenvalue weighted by Crippen LogP contribution is -2.25. The van der Waals surface area contributed by atoms with Gasteiger partial charge in [0.1, 0.15) is 0 Å². The highest BCUT2D eigenvalue weighted by Crippen LogP contribution is 2.33. The summed E-state index contributed by atoms with van der Waals surface area (Å²) >= 11 is 8.25. The molecule has 19 heavy (non-hydrogen) atoms. The maximum atomic E-state index is 12.4. The number of aryl methyl sites for hydroxylation is 2. The van der Waals surface area contributed by atoms with Crippen LogP contribution in [-0.4, -0.2) is 13.0 Å². The molecule has 0 bridgehead atoms. The number of amides is 1. The lowest BCUT2D eigenvalue weighted by molar-refractivity contribution is 0.0997. The molecule has 2 aromatic rings. The van der Waals surface area contributed by atoms with Gasteiger partial charge in [-0.05, 0) is 75.0 Å². The summed E-state index contributed by atoms with van der Waals surface area (Å²) < 4.78 is 1.85. The first kappa shape index (κ1) is 14.8. The van der Waals surface area contributed by atoms with Gasteiger partial charge in [0.25, 0.3) is 5.91 Å². The molecule has 100 valence electrons. The fourth-order valence-electron chi connectivity index (χ4n) is 1.88. The van der Waals surface area contributed by atoms with E-state index >= 15 is 0 Å². The quantitative estimate of drug-likeness (QED) is 0.678. The van der Waals surface area contributed by atoms with E-state index in [0.29, 0.717) is 4.88 Å². The van der Waals surface area contributed by atoms with Crippen LogP contribution in [0.15, 0.2) is 32.5 Å². The molecule has 1 aromatic carbocycles. The Bertz CT molecular complexity index is 597. The van der Waals surface area contributed by atoms with Gasteiger partial charge in [0, 0.05) is 17.2 Å². The van der Waals surface area contributed by atoms with Crippen LogP contribution in [0.25, 0.3) is 0 Å². The van der Waals surface area contributed by atoms with Crippen molar-refractivity contribution in [3.63, 3.8) is 0 Å². The molecule has 2 nitrogen and oxygen atoms in total. The Balaban J connectivity index is 2.33. The maximum absolute atomic E-state index is 12.4. The van der Waals surface area contributed by atoms with Crippen LogP contribution in [0, 0.1) is 13.8 Å². The minimum atomic E-state index is 0.00130. The molecule has 1 heterocycles. The summed E-state index contributed by atoms with van der Waals surface area (Å²) in [6.45, 7) is 4.07. The van der Waals surface area contributed by atoms with Crippen LogP contribution >= 0.6 is 43.2 Å². The SMILES string of the molecule is Cc1cc(C)cc(N(C)C(=O)c2cc(Br)c(Br)s2)c1. The number of carbonyl (C=O) groups excluding carboxylic acids is 1. The van der Waals surface area contributed by atoms with Gasteiger partial charge < -0.3 is 4.90 Å². The molecule has 0 atom stereocenters. The average molecular weight is 403 g/mol. The van der Waals surface area contributed by atoms with E-state index in [0.717, 1.165) is 25.1 Å². The monoisotopic (exact) mass is 401 g/mol. The maximum Gasteiger partial charge on any atom is 0.268 e. The minimum absolute atomic E-state index is 0.00130. The van der Waals surface area contributed by atoms with Gasteiger partial charge in [0.15, 0.2) is 0 Å². The van der Waals surface area contributed by atoms with E-state index in [1.54, 1.807) is 11.9 Å². The van der Waals surface area contributed by atoms with Crippen LogP contribution in [0.3, 0.4) is 0 Å². The highest BCUT2D eigenvalue weighted by molar-refractivity contribution is 9.13. The van der Waals surface area contributed by atoms with Gasteiger partial charge in [-0.25, -0.2) is 0 Å². The van der Waals surface area contributed by atoms with Crippen LogP contribution < -0.4 is 4.90 Å². The van der Waals surface area contributed by atoms with E-state index in [1.807, 2.05) is 32.0 Å². The number of nitrogens with zero attached hydrogens (tertiary/aromatic N) is 1. The summed E-state index contributed by atoms with van der Waals surface area (Å²) in [6.07, 6.45) is 0. The molecule has 5 heteroatoms. The molecule has 2 rings (SSSR count). The van der Waals surface area contributed by atoms with Crippen molar-refractivity contribution in [3.05, 3.63) is 48.5 Å². The predicted molar refractivity (Wildman–Crippen MR) is 88.4 cm³/mol. The van der Waals surface area contributed by atoms with Crippen LogP contribution in [0.2, 0.25) is 0 Å². The molecule has 0 saturated heterocycles. The second-order valence-electron chi connectivity index (χ2n) is 4.44. The number of rotatable bonds is 2. The highest BCUT2D eigenvalue weighted by Gasteiger charge is 2.17. The second-order valence-corrected chi connectivity index (χ2v) is 7.67. The smallest absolute Gasteiger partial charge is 0.268 e. The van der Waals surface area contributed by atoms with Crippen molar-refractivity contribution < 1.29 is 4.79 Å². The van der Waals surface area contributed by atoms with Crippen molar-refractivity contribution in [1.82, 2.24) is 0 Å². The third-order valence-electron chi connectivity index (χ3n) is 2.75. The number of anilines is 1. The van der Waals surface area contributed by atoms with Crippen molar-refractivity contribution in [2.45, 2.75) is 13.8 Å². The zero-order valence-corrected chi connectivity index (χ0v) is 14.8. The molecule has 0 spiro atoms. The Labute approximate surface area is 133 Å². The zero-order valence-electron chi connectivity index (χ0n) is 10.8. The first-order chi connectivity index (χ1) is 8.88. The van der Waals surface area contributed by atoms with E-state index in [1.165, 1.54) is 11.3 Å². The molecule has 0 aliphatic rings. The Morgan fingerprint density at radius 1 is 1.11 bits per heavy atom. The molecule has 0 N–H and O–H groups in total. The van der Waals surface area contributed by atoms with Crippen LogP contribution in [0.4, 0.5) is 5.69 Å². The Kier molecular flexibility index (Phi) is 4.48. The lowest BCUT2D eigenvalue weighted by Gasteiger charge is -2.17. The van der Waals surface area contributed by atoms with E-state index in [4.69, 9.17) is 0 Å². The number of halogens is 2. The van der Waals surface area contributed by atoms with E-state index in [9.17, 15) is 4.79 Å². The number of benzene rings is 1. The van der Waals surface area contributed by atoms with Crippen molar-refractivity contribution >= 4 is 54.8 Å². The third-order valence-corrected chi connectivity index (χ3v) is 6.00. The summed E-state index contributed by atoms with van der Waals surface area (Å²) in [4.78, 5) is 14.8. The molecule has 0 aliphatic carbocycles. The van der Waals surface area contributed by atoms with Crippen LogP contribution in [0.5, 0.6) is 0 Å². The first-order valence-electron chi connectivity index (χ1n) is 5.69. The standard InChI is InChI=1S/C14H13Br2NOS/c1-8-4-9(2)6-10(5-8)17(3)14(18)12-7-11(15)13(16)19-12/h4-7H,1-3H3. The summed E-state index contributed by atoms with van der Waals surface area (Å²) in [5.41, 5.74) is 3.23. The Morgan fingerprint density at radius 3 is 2.16 bits per heavy atom. The fraction of sp³-hybridized carbons (Fsp3) is 0.214. The number of carbonyl (C=O) groups is 1. The molecule has 0 radical (unpaired) electrons. The van der Waals surface area contributed by atoms with Crippen LogP contribution in [-0.2, 0) is 0 Å². The number of thiophene rings is 1. The number of hydrogen-bond donors (Lipinski definition) is 0. The van der Waals surface area contributed by atoms with Gasteiger partial charge in [0.05, 0.1) is 8.66 Å². The number of hydrogen-bond acceptors (Lipinski definition) is 2. The van der Waals surface area contributed by atoms with Crippen LogP contribution in [0.1, 0.15) is 20.8 Å². The van der Waals surface area contributed by atoms with Crippen molar-refractivity contribution in [1.29, 1.82) is 0 Å². The third kappa shape index (κ3) is 3.27. The van der Waals surface area contributed by atoms with E-state index in [2.05, 4.69) is 37.9 Å². The van der Waals surface area contributed by atoms with E-state index in [-0.39, 0.29) is 5.91 Å². The van der Waals surface area contributed by atoms with Gasteiger partial charge >= 0.3 is 0 Å². The fourth-order valence-corrected chi connectivity index (χ4v) is 3.89. The molecular formula is C14H13Br2NOS. The predicted octanol–water partition coefficient (Wildman–Crippen LogP) is 5.17. The molecule has 0 unspecified atom stereocenters. The first-order valence-corrected chi connectivity index (χ1v) is 8.10. The summed E-state index contributed by atoms with van der Waals surface area (Å²) in [5, 5.41) is 0. The van der Waals surface area contributed by atoms with Crippen molar-refractivity contribution in [3.8, 4) is 0 Å². The Hall–Kier alpha value is -0.650. The molecule has 1 amide bonds. The molecule has 0 fully saturated rings. The molecule has 0 aliphatic heterocycles. The van der Waals surface area contributed by atoms with Gasteiger partial charge in [0.2, 0.25) is 0 Å². The van der Waals surface area contributed by atoms with Crippen molar-refractivity contribution in [2.75, 3.05) is 11.9 Å². The Morgan fingerprint density at radius 2 is 1.68 bits per heavy atom. The normalized spacial score (nSPS) is 10.6. The molecular weight excluding hydrogens is 390 g/mol. The van der Waals surface area contributed by atoms with Gasteiger partial charge in [-0.1, -0.05) is 6.07 Å². The minimum Gasteiger partial charge on any atom is -0.311 e. The summed E-state index contributed by atoms with van der Waals surface area (Å²) in [7, 11) is 1.80. The zero-order chi connectivity index (χ0) is 14.2. The molecule has 0 saturated carbocycles. The topological polar surface area (TPSA) is 20.3 Å². The van der Waals surface area contributed by atoms with Gasteiger partial charge in [-0.15, -0.1) is 11.3 Å². The van der Waals surface area contributed by atoms with Crippen molar-refractivity contribution in [2.24, 2.45) is 0 Å². The highest BCUT2D eigenvalue weighted by atomic mass is 79.9. The summed E-state index contributed by atoms with van der Waals surface area (Å²) in [5.74, 6) is 0.00130. The van der Waals surface area contributed by atoms with Gasteiger partial charge in [-0.2, -0.15) is 0 Å². The molecule has 1 aromatic heterocycles.